The Kier molecular flexibility index (Phi) is 5.04. The molecule has 2 aromatic carbocycles. The standard InChI is InChI=1S/C24H22N2O3/c1-3-21-19(17-11-7-8-12-22(17)29-21)15-26(2)24(28)18-13-14-20(25-23(18)27)16-9-5-4-6-10-16/h4-14H,3,15H2,1-2H3,(H,25,27). The highest BCUT2D eigenvalue weighted by Crippen LogP contribution is 2.27. The molecular formula is C24H22N2O3. The number of amides is 1. The van der Waals surface area contributed by atoms with Crippen molar-refractivity contribution in [1.82, 2.24) is 9.88 Å². The normalized spacial score (nSPS) is 11.0. The van der Waals surface area contributed by atoms with Crippen LogP contribution < -0.4 is 5.56 Å². The highest BCUT2D eigenvalue weighted by atomic mass is 16.3. The van der Waals surface area contributed by atoms with E-state index in [9.17, 15) is 9.59 Å². The predicted octanol–water partition coefficient (Wildman–Crippen LogP) is 4.62. The molecule has 2 heterocycles. The summed E-state index contributed by atoms with van der Waals surface area (Å²) in [6, 6.07) is 20.7. The molecule has 0 bridgehead atoms. The lowest BCUT2D eigenvalue weighted by molar-refractivity contribution is 0.0783. The van der Waals surface area contributed by atoms with Gasteiger partial charge in [0.1, 0.15) is 16.9 Å². The van der Waals surface area contributed by atoms with Crippen molar-refractivity contribution in [2.45, 2.75) is 19.9 Å². The van der Waals surface area contributed by atoms with Crippen LogP contribution >= 0.6 is 0 Å². The molecule has 4 rings (SSSR count). The first-order chi connectivity index (χ1) is 14.1. The number of fused-ring (bicyclic) bond motifs is 1. The third-order valence-corrected chi connectivity index (χ3v) is 5.07. The van der Waals surface area contributed by atoms with Gasteiger partial charge in [-0.15, -0.1) is 0 Å². The van der Waals surface area contributed by atoms with Crippen LogP contribution in [0.3, 0.4) is 0 Å². The Bertz CT molecular complexity index is 1220. The molecule has 29 heavy (non-hydrogen) atoms. The van der Waals surface area contributed by atoms with Crippen LogP contribution in [0.2, 0.25) is 0 Å². The minimum absolute atomic E-state index is 0.123. The van der Waals surface area contributed by atoms with Crippen molar-refractivity contribution in [3.8, 4) is 11.3 Å². The number of H-pyrrole nitrogens is 1. The maximum absolute atomic E-state index is 13.0. The fourth-order valence-electron chi connectivity index (χ4n) is 3.55. The number of para-hydroxylation sites is 1. The van der Waals surface area contributed by atoms with Crippen LogP contribution in [0.5, 0.6) is 0 Å². The van der Waals surface area contributed by atoms with Crippen molar-refractivity contribution >= 4 is 16.9 Å². The summed E-state index contributed by atoms with van der Waals surface area (Å²) in [7, 11) is 1.70. The maximum Gasteiger partial charge on any atom is 0.261 e. The molecule has 5 nitrogen and oxygen atoms in total. The molecule has 0 atom stereocenters. The molecule has 0 radical (unpaired) electrons. The highest BCUT2D eigenvalue weighted by molar-refractivity contribution is 5.94. The summed E-state index contributed by atoms with van der Waals surface area (Å²) >= 11 is 0. The minimum Gasteiger partial charge on any atom is -0.461 e. The second-order valence-electron chi connectivity index (χ2n) is 7.00. The Labute approximate surface area is 168 Å². The zero-order chi connectivity index (χ0) is 20.4. The number of hydrogen-bond donors (Lipinski definition) is 1. The molecule has 0 unspecified atom stereocenters. The lowest BCUT2D eigenvalue weighted by Crippen LogP contribution is -2.31. The topological polar surface area (TPSA) is 66.3 Å². The number of carbonyl (C=O) groups excluding carboxylic acids is 1. The Hall–Kier alpha value is -3.60. The average Bonchev–Trinajstić information content (AvgIpc) is 3.11. The van der Waals surface area contributed by atoms with Gasteiger partial charge in [0.05, 0.1) is 0 Å². The smallest absolute Gasteiger partial charge is 0.261 e. The van der Waals surface area contributed by atoms with Crippen molar-refractivity contribution in [3.05, 3.63) is 94.0 Å². The Morgan fingerprint density at radius 2 is 1.72 bits per heavy atom. The lowest BCUT2D eigenvalue weighted by Gasteiger charge is -2.17. The van der Waals surface area contributed by atoms with E-state index in [0.29, 0.717) is 12.2 Å². The summed E-state index contributed by atoms with van der Waals surface area (Å²) in [5.74, 6) is 0.539. The molecule has 1 amide bonds. The lowest BCUT2D eigenvalue weighted by atomic mass is 10.1. The van der Waals surface area contributed by atoms with E-state index in [1.807, 2.05) is 61.5 Å². The number of aromatic nitrogens is 1. The number of furan rings is 1. The number of pyridine rings is 1. The first-order valence-electron chi connectivity index (χ1n) is 9.62. The summed E-state index contributed by atoms with van der Waals surface area (Å²) in [4.78, 5) is 29.9. The molecule has 146 valence electrons. The molecular weight excluding hydrogens is 364 g/mol. The van der Waals surface area contributed by atoms with Gasteiger partial charge in [-0.1, -0.05) is 55.5 Å². The predicted molar refractivity (Wildman–Crippen MR) is 114 cm³/mol. The average molecular weight is 386 g/mol. The summed E-state index contributed by atoms with van der Waals surface area (Å²) in [6.07, 6.45) is 0.735. The third kappa shape index (κ3) is 3.59. The number of carbonyl (C=O) groups is 1. The van der Waals surface area contributed by atoms with Crippen LogP contribution in [-0.4, -0.2) is 22.8 Å². The SMILES string of the molecule is CCc1oc2ccccc2c1CN(C)C(=O)c1ccc(-c2ccccc2)[nH]c1=O. The van der Waals surface area contributed by atoms with E-state index >= 15 is 0 Å². The number of aryl methyl sites for hydroxylation is 1. The van der Waals surface area contributed by atoms with Crippen LogP contribution in [-0.2, 0) is 13.0 Å². The van der Waals surface area contributed by atoms with Gasteiger partial charge in [0.2, 0.25) is 0 Å². The summed E-state index contributed by atoms with van der Waals surface area (Å²) in [5, 5.41) is 0.998. The van der Waals surface area contributed by atoms with E-state index in [1.54, 1.807) is 24.1 Å². The summed E-state index contributed by atoms with van der Waals surface area (Å²) in [5.41, 5.74) is 3.11. The van der Waals surface area contributed by atoms with Gasteiger partial charge in [-0.2, -0.15) is 0 Å². The van der Waals surface area contributed by atoms with Crippen LogP contribution in [0.25, 0.3) is 22.2 Å². The van der Waals surface area contributed by atoms with Gasteiger partial charge in [-0.25, -0.2) is 0 Å². The zero-order valence-electron chi connectivity index (χ0n) is 16.4. The molecule has 2 aromatic heterocycles. The van der Waals surface area contributed by atoms with E-state index in [1.165, 1.54) is 0 Å². The fraction of sp³-hybridized carbons (Fsp3) is 0.167. The fourth-order valence-corrected chi connectivity index (χ4v) is 3.55. The number of benzene rings is 2. The largest absolute Gasteiger partial charge is 0.461 e. The van der Waals surface area contributed by atoms with Gasteiger partial charge in [-0.3, -0.25) is 9.59 Å². The maximum atomic E-state index is 13.0. The molecule has 0 saturated carbocycles. The number of hydrogen-bond acceptors (Lipinski definition) is 3. The number of aromatic amines is 1. The van der Waals surface area contributed by atoms with Crippen LogP contribution in [0.1, 0.15) is 28.6 Å². The van der Waals surface area contributed by atoms with E-state index in [0.717, 1.165) is 34.3 Å². The van der Waals surface area contributed by atoms with E-state index < -0.39 is 5.56 Å². The van der Waals surface area contributed by atoms with Crippen LogP contribution in [0.15, 0.2) is 75.9 Å². The van der Waals surface area contributed by atoms with Crippen molar-refractivity contribution in [2.75, 3.05) is 7.05 Å². The van der Waals surface area contributed by atoms with Gasteiger partial charge < -0.3 is 14.3 Å². The second kappa shape index (κ2) is 7.80. The van der Waals surface area contributed by atoms with Crippen molar-refractivity contribution in [3.63, 3.8) is 0 Å². The van der Waals surface area contributed by atoms with Gasteiger partial charge in [0.25, 0.3) is 11.5 Å². The first-order valence-corrected chi connectivity index (χ1v) is 9.62. The molecule has 4 aromatic rings. The van der Waals surface area contributed by atoms with Crippen LogP contribution in [0.4, 0.5) is 0 Å². The Morgan fingerprint density at radius 3 is 2.45 bits per heavy atom. The van der Waals surface area contributed by atoms with Crippen molar-refractivity contribution in [2.24, 2.45) is 0 Å². The molecule has 0 aliphatic rings. The first kappa shape index (κ1) is 18.7. The zero-order valence-corrected chi connectivity index (χ0v) is 16.4. The number of nitrogens with zero attached hydrogens (tertiary/aromatic N) is 1. The van der Waals surface area contributed by atoms with Crippen molar-refractivity contribution < 1.29 is 9.21 Å². The van der Waals surface area contributed by atoms with Gasteiger partial charge >= 0.3 is 0 Å². The minimum atomic E-state index is -0.393. The molecule has 5 heteroatoms. The quantitative estimate of drug-likeness (QED) is 0.544. The monoisotopic (exact) mass is 386 g/mol. The highest BCUT2D eigenvalue weighted by Gasteiger charge is 2.20. The van der Waals surface area contributed by atoms with E-state index in [-0.39, 0.29) is 11.5 Å². The Morgan fingerprint density at radius 1 is 1.00 bits per heavy atom. The van der Waals surface area contributed by atoms with Gasteiger partial charge in [-0.05, 0) is 23.8 Å². The number of rotatable bonds is 5. The van der Waals surface area contributed by atoms with Crippen molar-refractivity contribution in [1.29, 1.82) is 0 Å². The molecule has 0 saturated heterocycles. The summed E-state index contributed by atoms with van der Waals surface area (Å²) in [6.45, 7) is 2.40. The third-order valence-electron chi connectivity index (χ3n) is 5.07. The van der Waals surface area contributed by atoms with E-state index in [4.69, 9.17) is 4.42 Å². The van der Waals surface area contributed by atoms with Gasteiger partial charge in [0, 0.05) is 36.7 Å². The summed E-state index contributed by atoms with van der Waals surface area (Å²) < 4.78 is 5.92. The molecule has 0 spiro atoms. The second-order valence-corrected chi connectivity index (χ2v) is 7.00. The van der Waals surface area contributed by atoms with E-state index in [2.05, 4.69) is 4.98 Å². The number of nitrogens with one attached hydrogen (secondary N) is 1. The molecule has 0 aliphatic heterocycles. The Balaban J connectivity index is 1.61. The molecule has 0 fully saturated rings. The molecule has 0 aliphatic carbocycles. The molecule has 1 N–H and O–H groups in total. The van der Waals surface area contributed by atoms with Crippen LogP contribution in [0, 0.1) is 0 Å². The van der Waals surface area contributed by atoms with Gasteiger partial charge in [0.15, 0.2) is 0 Å².